The van der Waals surface area contributed by atoms with Crippen LogP contribution < -0.4 is 0 Å². The van der Waals surface area contributed by atoms with Crippen LogP contribution in [0.1, 0.15) is 10.4 Å². The van der Waals surface area contributed by atoms with Crippen molar-refractivity contribution in [3.05, 3.63) is 72.3 Å². The Bertz CT molecular complexity index is 1400. The maximum Gasteiger partial charge on any atom is 0.337 e. The van der Waals surface area contributed by atoms with Gasteiger partial charge >= 0.3 is 5.97 Å². The Kier molecular flexibility index (Phi) is 4.52. The molecule has 5 aromatic rings. The zero-order chi connectivity index (χ0) is 20.7. The van der Waals surface area contributed by atoms with Gasteiger partial charge in [0, 0.05) is 17.5 Å². The molecule has 0 aliphatic rings. The molecule has 0 saturated heterocycles. The van der Waals surface area contributed by atoms with E-state index in [-0.39, 0.29) is 5.97 Å². The highest BCUT2D eigenvalue weighted by molar-refractivity contribution is 7.99. The molecule has 0 unspecified atom stereocenters. The number of hydrogen-bond donors (Lipinski definition) is 1. The highest BCUT2D eigenvalue weighted by atomic mass is 32.2. The number of nitrogens with zero attached hydrogens (tertiary/aromatic N) is 3. The number of hydrogen-bond acceptors (Lipinski definition) is 5. The zero-order valence-corrected chi connectivity index (χ0v) is 17.2. The molecule has 0 aliphatic carbocycles. The minimum absolute atomic E-state index is 0.368. The van der Waals surface area contributed by atoms with E-state index in [1.807, 2.05) is 43.4 Å². The Balaban J connectivity index is 1.54. The molecule has 0 spiro atoms. The average molecular weight is 414 g/mol. The Morgan fingerprint density at radius 3 is 2.63 bits per heavy atom. The van der Waals surface area contributed by atoms with Gasteiger partial charge in [-0.1, -0.05) is 42.1 Å². The fraction of sp³-hybridized carbons (Fsp3) is 0.0870. The van der Waals surface area contributed by atoms with Crippen LogP contribution in [0.4, 0.5) is 0 Å². The number of benzene rings is 3. The monoisotopic (exact) mass is 414 g/mol. The van der Waals surface area contributed by atoms with Gasteiger partial charge in [-0.25, -0.2) is 14.8 Å². The molecule has 0 radical (unpaired) electrons. The molecule has 1 N–H and O–H groups in total. The van der Waals surface area contributed by atoms with E-state index >= 15 is 0 Å². The number of para-hydroxylation sites is 2. The number of carbonyl (C=O) groups excluding carboxylic acids is 1. The van der Waals surface area contributed by atoms with E-state index in [4.69, 9.17) is 9.72 Å². The number of rotatable bonds is 4. The molecule has 0 saturated carbocycles. The summed E-state index contributed by atoms with van der Waals surface area (Å²) in [6.07, 6.45) is 0. The SMILES string of the molecule is COC(=O)c1ccc2nc(Sc3ccccc3-c3nc4ccccc4n3C)[nH]c2c1. The van der Waals surface area contributed by atoms with Crippen LogP contribution in [0.5, 0.6) is 0 Å². The lowest BCUT2D eigenvalue weighted by atomic mass is 10.2. The maximum absolute atomic E-state index is 11.8. The van der Waals surface area contributed by atoms with Crippen LogP contribution in [0.3, 0.4) is 0 Å². The lowest BCUT2D eigenvalue weighted by Gasteiger charge is -2.08. The Labute approximate surface area is 176 Å². The standard InChI is InChI=1S/C23H18N4O2S/c1-27-19-9-5-4-8-17(19)24-21(27)15-7-3-6-10-20(15)30-23-25-16-12-11-14(22(28)29-2)13-18(16)26-23/h3-13H,1-2H3,(H,25,26). The van der Waals surface area contributed by atoms with Crippen LogP contribution in [0.2, 0.25) is 0 Å². The minimum Gasteiger partial charge on any atom is -0.465 e. The molecule has 3 aromatic carbocycles. The third kappa shape index (κ3) is 3.13. The summed E-state index contributed by atoms with van der Waals surface area (Å²) in [5.74, 6) is 0.538. The van der Waals surface area contributed by atoms with E-state index in [1.165, 1.54) is 18.9 Å². The molecule has 0 fully saturated rings. The second kappa shape index (κ2) is 7.35. The number of aryl methyl sites for hydroxylation is 1. The predicted molar refractivity (Wildman–Crippen MR) is 118 cm³/mol. The molecule has 0 amide bonds. The van der Waals surface area contributed by atoms with E-state index in [0.717, 1.165) is 43.5 Å². The molecule has 7 heteroatoms. The van der Waals surface area contributed by atoms with E-state index in [0.29, 0.717) is 5.56 Å². The van der Waals surface area contributed by atoms with Crippen molar-refractivity contribution in [3.8, 4) is 11.4 Å². The predicted octanol–water partition coefficient (Wildman–Crippen LogP) is 5.05. The van der Waals surface area contributed by atoms with Crippen molar-refractivity contribution in [2.24, 2.45) is 7.05 Å². The van der Waals surface area contributed by atoms with E-state index in [2.05, 4.69) is 32.7 Å². The highest BCUT2D eigenvalue weighted by Gasteiger charge is 2.15. The van der Waals surface area contributed by atoms with E-state index < -0.39 is 0 Å². The van der Waals surface area contributed by atoms with Crippen LogP contribution in [0.15, 0.2) is 76.8 Å². The van der Waals surface area contributed by atoms with Crippen molar-refractivity contribution in [1.82, 2.24) is 19.5 Å². The number of imidazole rings is 2. The van der Waals surface area contributed by atoms with Gasteiger partial charge in [-0.2, -0.15) is 0 Å². The number of aromatic nitrogens is 4. The first kappa shape index (κ1) is 18.4. The van der Waals surface area contributed by atoms with Crippen molar-refractivity contribution < 1.29 is 9.53 Å². The van der Waals surface area contributed by atoms with Crippen molar-refractivity contribution in [1.29, 1.82) is 0 Å². The van der Waals surface area contributed by atoms with Crippen LogP contribution >= 0.6 is 11.8 Å². The van der Waals surface area contributed by atoms with Gasteiger partial charge < -0.3 is 14.3 Å². The summed E-state index contributed by atoms with van der Waals surface area (Å²) in [6, 6.07) is 21.6. The molecule has 0 atom stereocenters. The average Bonchev–Trinajstić information content (AvgIpc) is 3.33. The maximum atomic E-state index is 11.8. The van der Waals surface area contributed by atoms with Gasteiger partial charge in [-0.3, -0.25) is 0 Å². The molecule has 0 bridgehead atoms. The third-order valence-corrected chi connectivity index (χ3v) is 5.97. The number of aromatic amines is 1. The molecule has 148 valence electrons. The minimum atomic E-state index is -0.368. The van der Waals surface area contributed by atoms with Crippen molar-refractivity contribution in [2.45, 2.75) is 10.1 Å². The van der Waals surface area contributed by atoms with E-state index in [9.17, 15) is 4.79 Å². The number of H-pyrrole nitrogens is 1. The molecule has 5 rings (SSSR count). The van der Waals surface area contributed by atoms with Crippen LogP contribution in [-0.2, 0) is 11.8 Å². The Morgan fingerprint density at radius 1 is 1.00 bits per heavy atom. The first-order chi connectivity index (χ1) is 14.6. The zero-order valence-electron chi connectivity index (χ0n) is 16.4. The second-order valence-electron chi connectivity index (χ2n) is 6.85. The number of esters is 1. The first-order valence-electron chi connectivity index (χ1n) is 9.41. The van der Waals surface area contributed by atoms with E-state index in [1.54, 1.807) is 12.1 Å². The van der Waals surface area contributed by atoms with Gasteiger partial charge in [-0.05, 0) is 36.4 Å². The summed E-state index contributed by atoms with van der Waals surface area (Å²) in [5, 5.41) is 0.748. The van der Waals surface area contributed by atoms with Crippen molar-refractivity contribution in [2.75, 3.05) is 7.11 Å². The van der Waals surface area contributed by atoms with Gasteiger partial charge in [0.1, 0.15) is 5.82 Å². The van der Waals surface area contributed by atoms with Gasteiger partial charge in [0.15, 0.2) is 5.16 Å². The summed E-state index contributed by atoms with van der Waals surface area (Å²) in [5.41, 5.74) is 5.17. The molecule has 30 heavy (non-hydrogen) atoms. The quantitative estimate of drug-likeness (QED) is 0.417. The normalized spacial score (nSPS) is 11.3. The number of methoxy groups -OCH3 is 1. The fourth-order valence-corrected chi connectivity index (χ4v) is 4.44. The first-order valence-corrected chi connectivity index (χ1v) is 10.2. The van der Waals surface area contributed by atoms with Gasteiger partial charge in [0.2, 0.25) is 0 Å². The summed E-state index contributed by atoms with van der Waals surface area (Å²) < 4.78 is 6.91. The summed E-state index contributed by atoms with van der Waals surface area (Å²) in [6.45, 7) is 0. The fourth-order valence-electron chi connectivity index (χ4n) is 3.51. The molecule has 2 heterocycles. The number of nitrogens with one attached hydrogen (secondary N) is 1. The van der Waals surface area contributed by atoms with Crippen LogP contribution in [0.25, 0.3) is 33.5 Å². The molecule has 6 nitrogen and oxygen atoms in total. The molecule has 2 aromatic heterocycles. The number of ether oxygens (including phenoxy) is 1. The summed E-state index contributed by atoms with van der Waals surface area (Å²) >= 11 is 1.54. The molecular weight excluding hydrogens is 396 g/mol. The van der Waals surface area contributed by atoms with Gasteiger partial charge in [0.25, 0.3) is 0 Å². The third-order valence-electron chi connectivity index (χ3n) is 5.00. The van der Waals surface area contributed by atoms with Gasteiger partial charge in [-0.15, -0.1) is 0 Å². The summed E-state index contributed by atoms with van der Waals surface area (Å²) in [7, 11) is 3.40. The van der Waals surface area contributed by atoms with Crippen molar-refractivity contribution >= 4 is 39.8 Å². The molecule has 0 aliphatic heterocycles. The largest absolute Gasteiger partial charge is 0.465 e. The number of fused-ring (bicyclic) bond motifs is 2. The number of carbonyl (C=O) groups is 1. The van der Waals surface area contributed by atoms with Crippen LogP contribution in [-0.4, -0.2) is 32.6 Å². The van der Waals surface area contributed by atoms with Gasteiger partial charge in [0.05, 0.1) is 34.7 Å². The second-order valence-corrected chi connectivity index (χ2v) is 7.88. The lowest BCUT2D eigenvalue weighted by molar-refractivity contribution is 0.0601. The Morgan fingerprint density at radius 2 is 1.80 bits per heavy atom. The molecular formula is C23H18N4O2S. The van der Waals surface area contributed by atoms with Crippen molar-refractivity contribution in [3.63, 3.8) is 0 Å². The summed E-state index contributed by atoms with van der Waals surface area (Å²) in [4.78, 5) is 25.6. The topological polar surface area (TPSA) is 72.8 Å². The Hall–Kier alpha value is -3.58. The lowest BCUT2D eigenvalue weighted by Crippen LogP contribution is -2.00. The smallest absolute Gasteiger partial charge is 0.337 e. The highest BCUT2D eigenvalue weighted by Crippen LogP contribution is 2.36. The van der Waals surface area contributed by atoms with Crippen LogP contribution in [0, 0.1) is 0 Å².